The van der Waals surface area contributed by atoms with Gasteiger partial charge >= 0.3 is 0 Å². The summed E-state index contributed by atoms with van der Waals surface area (Å²) in [4.78, 5) is 16.4. The summed E-state index contributed by atoms with van der Waals surface area (Å²) in [5, 5.41) is 9.07. The number of nitrogens with one attached hydrogen (secondary N) is 1. The van der Waals surface area contributed by atoms with E-state index in [0.29, 0.717) is 6.54 Å². The highest BCUT2D eigenvalue weighted by molar-refractivity contribution is 5.42. The second-order valence-electron chi connectivity index (χ2n) is 4.74. The number of H-pyrrole nitrogens is 1. The first-order valence-corrected chi connectivity index (χ1v) is 6.18. The highest BCUT2D eigenvalue weighted by Gasteiger charge is 2.23. The van der Waals surface area contributed by atoms with E-state index in [2.05, 4.69) is 22.0 Å². The van der Waals surface area contributed by atoms with Gasteiger partial charge in [0.05, 0.1) is 0 Å². The molecule has 1 aromatic heterocycles. The van der Waals surface area contributed by atoms with Crippen LogP contribution >= 0.6 is 0 Å². The molecule has 3 rings (SSSR count). The number of hydrogen-bond donors (Lipinski definition) is 1. The second-order valence-corrected chi connectivity index (χ2v) is 4.74. The molecule has 0 aliphatic carbocycles. The molecule has 0 bridgehead atoms. The minimum atomic E-state index is -0.289. The van der Waals surface area contributed by atoms with Crippen LogP contribution in [-0.2, 0) is 19.6 Å². The van der Waals surface area contributed by atoms with Crippen LogP contribution in [0.1, 0.15) is 22.3 Å². The van der Waals surface area contributed by atoms with Crippen LogP contribution in [0.4, 0.5) is 0 Å². The monoisotopic (exact) mass is 251 g/mol. The highest BCUT2D eigenvalue weighted by Crippen LogP contribution is 2.24. The summed E-state index contributed by atoms with van der Waals surface area (Å²) in [7, 11) is 0. The van der Waals surface area contributed by atoms with Crippen molar-refractivity contribution in [2.45, 2.75) is 19.6 Å². The number of nitriles is 1. The average molecular weight is 251 g/mol. The third kappa shape index (κ3) is 2.16. The SMILES string of the molecule is N#Cc1c2c(c[nH]c1=O)CN(Cc1ccccc1)C2. The van der Waals surface area contributed by atoms with Gasteiger partial charge in [-0.25, -0.2) is 0 Å². The number of fused-ring (bicyclic) bond motifs is 1. The second kappa shape index (κ2) is 4.71. The van der Waals surface area contributed by atoms with Gasteiger partial charge in [-0.05, 0) is 16.7 Å². The van der Waals surface area contributed by atoms with Crippen LogP contribution in [0.3, 0.4) is 0 Å². The Morgan fingerprint density at radius 1 is 1.26 bits per heavy atom. The van der Waals surface area contributed by atoms with Gasteiger partial charge in [0.1, 0.15) is 11.6 Å². The van der Waals surface area contributed by atoms with Gasteiger partial charge in [0, 0.05) is 25.8 Å². The standard InChI is InChI=1S/C15H13N3O/c16-6-13-14-10-18(8-11-4-2-1-3-5-11)9-12(14)7-17-15(13)19/h1-5,7H,8-10H2,(H,17,19). The Hall–Kier alpha value is -2.38. The predicted molar refractivity (Wildman–Crippen MR) is 71.2 cm³/mol. The van der Waals surface area contributed by atoms with E-state index in [-0.39, 0.29) is 11.1 Å². The van der Waals surface area contributed by atoms with Crippen LogP contribution in [0.5, 0.6) is 0 Å². The van der Waals surface area contributed by atoms with Gasteiger partial charge in [-0.3, -0.25) is 9.69 Å². The van der Waals surface area contributed by atoms with Crippen molar-refractivity contribution in [3.05, 3.63) is 69.1 Å². The summed E-state index contributed by atoms with van der Waals surface area (Å²) in [6.45, 7) is 2.27. The summed E-state index contributed by atoms with van der Waals surface area (Å²) in [5.74, 6) is 0. The van der Waals surface area contributed by atoms with Crippen LogP contribution in [0.15, 0.2) is 41.3 Å². The zero-order valence-corrected chi connectivity index (χ0v) is 10.4. The lowest BCUT2D eigenvalue weighted by Gasteiger charge is -2.14. The summed E-state index contributed by atoms with van der Waals surface area (Å²) < 4.78 is 0. The Balaban J connectivity index is 1.85. The molecule has 1 aliphatic heterocycles. The van der Waals surface area contributed by atoms with Crippen LogP contribution in [0, 0.1) is 11.3 Å². The van der Waals surface area contributed by atoms with Crippen molar-refractivity contribution in [2.75, 3.05) is 0 Å². The maximum atomic E-state index is 11.6. The van der Waals surface area contributed by atoms with E-state index in [9.17, 15) is 4.79 Å². The molecular formula is C15H13N3O. The Bertz CT molecular complexity index is 698. The lowest BCUT2D eigenvalue weighted by molar-refractivity contribution is 0.275. The van der Waals surface area contributed by atoms with Crippen molar-refractivity contribution in [3.8, 4) is 6.07 Å². The third-order valence-electron chi connectivity index (χ3n) is 3.43. The lowest BCUT2D eigenvalue weighted by atomic mass is 10.1. The molecule has 4 nitrogen and oxygen atoms in total. The molecule has 2 aromatic rings. The number of hydrogen-bond acceptors (Lipinski definition) is 3. The van der Waals surface area contributed by atoms with Crippen LogP contribution in [0.2, 0.25) is 0 Å². The Morgan fingerprint density at radius 2 is 2.05 bits per heavy atom. The van der Waals surface area contributed by atoms with E-state index in [0.717, 1.165) is 24.2 Å². The van der Waals surface area contributed by atoms with Crippen LogP contribution < -0.4 is 5.56 Å². The Morgan fingerprint density at radius 3 is 2.79 bits per heavy atom. The lowest BCUT2D eigenvalue weighted by Crippen LogP contribution is -2.16. The minimum Gasteiger partial charge on any atom is -0.328 e. The highest BCUT2D eigenvalue weighted by atomic mass is 16.1. The molecule has 0 radical (unpaired) electrons. The molecule has 0 spiro atoms. The van der Waals surface area contributed by atoms with Crippen molar-refractivity contribution < 1.29 is 0 Å². The smallest absolute Gasteiger partial charge is 0.266 e. The summed E-state index contributed by atoms with van der Waals surface area (Å²) in [6.07, 6.45) is 1.73. The Labute approximate surface area is 110 Å². The largest absolute Gasteiger partial charge is 0.328 e. The number of aromatic amines is 1. The summed E-state index contributed by atoms with van der Waals surface area (Å²) >= 11 is 0. The van der Waals surface area contributed by atoms with Crippen molar-refractivity contribution in [2.24, 2.45) is 0 Å². The number of aromatic nitrogens is 1. The average Bonchev–Trinajstić information content (AvgIpc) is 2.82. The normalized spacial score (nSPS) is 14.1. The molecule has 1 aromatic carbocycles. The van der Waals surface area contributed by atoms with Crippen molar-refractivity contribution >= 4 is 0 Å². The molecule has 0 saturated heterocycles. The van der Waals surface area contributed by atoms with Gasteiger partial charge in [-0.2, -0.15) is 5.26 Å². The number of pyridine rings is 1. The van der Waals surface area contributed by atoms with Gasteiger partial charge in [-0.1, -0.05) is 30.3 Å². The van der Waals surface area contributed by atoms with Gasteiger partial charge in [0.2, 0.25) is 0 Å². The van der Waals surface area contributed by atoms with E-state index >= 15 is 0 Å². The maximum absolute atomic E-state index is 11.6. The first kappa shape index (κ1) is 11.7. The number of nitrogens with zero attached hydrogens (tertiary/aromatic N) is 2. The molecule has 1 aliphatic rings. The minimum absolute atomic E-state index is 0.257. The molecule has 0 atom stereocenters. The van der Waals surface area contributed by atoms with Gasteiger partial charge < -0.3 is 4.98 Å². The first-order valence-electron chi connectivity index (χ1n) is 6.18. The van der Waals surface area contributed by atoms with E-state index < -0.39 is 0 Å². The van der Waals surface area contributed by atoms with Gasteiger partial charge in [0.15, 0.2) is 0 Å². The topological polar surface area (TPSA) is 59.9 Å². The van der Waals surface area contributed by atoms with Crippen molar-refractivity contribution in [1.82, 2.24) is 9.88 Å². The fourth-order valence-corrected chi connectivity index (χ4v) is 2.52. The summed E-state index contributed by atoms with van der Waals surface area (Å²) in [6, 6.07) is 12.2. The quantitative estimate of drug-likeness (QED) is 0.884. The molecule has 2 heterocycles. The fourth-order valence-electron chi connectivity index (χ4n) is 2.52. The molecule has 4 heteroatoms. The molecule has 19 heavy (non-hydrogen) atoms. The first-order chi connectivity index (χ1) is 9.28. The molecule has 0 saturated carbocycles. The van der Waals surface area contributed by atoms with E-state index in [1.165, 1.54) is 5.56 Å². The zero-order valence-electron chi connectivity index (χ0n) is 10.4. The Kier molecular flexibility index (Phi) is 2.90. The van der Waals surface area contributed by atoms with Gasteiger partial charge in [0.25, 0.3) is 5.56 Å². The van der Waals surface area contributed by atoms with Gasteiger partial charge in [-0.15, -0.1) is 0 Å². The fraction of sp³-hybridized carbons (Fsp3) is 0.200. The van der Waals surface area contributed by atoms with E-state index in [1.54, 1.807) is 6.20 Å². The molecular weight excluding hydrogens is 238 g/mol. The molecule has 94 valence electrons. The van der Waals surface area contributed by atoms with Crippen molar-refractivity contribution in [1.29, 1.82) is 5.26 Å². The summed E-state index contributed by atoms with van der Waals surface area (Å²) in [5.41, 5.74) is 3.13. The maximum Gasteiger partial charge on any atom is 0.266 e. The predicted octanol–water partition coefficient (Wildman–Crippen LogP) is 1.76. The molecule has 0 amide bonds. The molecule has 1 N–H and O–H groups in total. The number of rotatable bonds is 2. The van der Waals surface area contributed by atoms with Crippen molar-refractivity contribution in [3.63, 3.8) is 0 Å². The van der Waals surface area contributed by atoms with E-state index in [1.807, 2.05) is 24.3 Å². The third-order valence-corrected chi connectivity index (χ3v) is 3.43. The molecule has 0 unspecified atom stereocenters. The number of benzene rings is 1. The van der Waals surface area contributed by atoms with Crippen LogP contribution in [0.25, 0.3) is 0 Å². The zero-order chi connectivity index (χ0) is 13.2. The van der Waals surface area contributed by atoms with Crippen LogP contribution in [-0.4, -0.2) is 9.88 Å². The van der Waals surface area contributed by atoms with E-state index in [4.69, 9.17) is 5.26 Å². The molecule has 0 fully saturated rings.